The fraction of sp³-hybridized carbons (Fsp3) is 0.290. The first kappa shape index (κ1) is 27.8. The Morgan fingerprint density at radius 3 is 2.17 bits per heavy atom. The molecule has 2 aliphatic rings. The minimum absolute atomic E-state index is 0.102. The normalized spacial score (nSPS) is 15.6. The van der Waals surface area contributed by atoms with Gasteiger partial charge in [0, 0.05) is 69.0 Å². The van der Waals surface area contributed by atoms with E-state index < -0.39 is 5.82 Å². The maximum absolute atomic E-state index is 13.7. The van der Waals surface area contributed by atoms with Crippen LogP contribution in [0.1, 0.15) is 43.1 Å². The molecule has 3 amide bonds. The van der Waals surface area contributed by atoms with E-state index in [0.717, 1.165) is 18.8 Å². The molecule has 3 aromatic rings. The fourth-order valence-electron chi connectivity index (χ4n) is 5.15. The second-order valence-corrected chi connectivity index (χ2v) is 10.1. The van der Waals surface area contributed by atoms with E-state index in [1.54, 1.807) is 52.3 Å². The van der Waals surface area contributed by atoms with E-state index in [0.29, 0.717) is 73.6 Å². The van der Waals surface area contributed by atoms with E-state index in [2.05, 4.69) is 15.5 Å². The average molecular weight is 555 g/mol. The van der Waals surface area contributed by atoms with Gasteiger partial charge >= 0.3 is 0 Å². The molecule has 0 spiro atoms. The van der Waals surface area contributed by atoms with Crippen molar-refractivity contribution in [1.29, 1.82) is 5.26 Å². The number of carbonyl (C=O) groups is 3. The number of nitrogens with zero attached hydrogens (tertiary/aromatic N) is 4. The number of rotatable bonds is 5. The number of anilines is 2. The molecule has 2 saturated heterocycles. The zero-order chi connectivity index (χ0) is 28.8. The average Bonchev–Trinajstić information content (AvgIpc) is 3.27. The third-order valence-corrected chi connectivity index (χ3v) is 7.37. The quantitative estimate of drug-likeness (QED) is 0.501. The van der Waals surface area contributed by atoms with Gasteiger partial charge in [0.05, 0.1) is 23.0 Å². The topological polar surface area (TPSA) is 109 Å². The van der Waals surface area contributed by atoms with Gasteiger partial charge in [0.25, 0.3) is 17.7 Å². The molecule has 3 aromatic carbocycles. The lowest BCUT2D eigenvalue weighted by Crippen LogP contribution is -2.46. The summed E-state index contributed by atoms with van der Waals surface area (Å²) in [5.41, 5.74) is 2.85. The third kappa shape index (κ3) is 6.53. The van der Waals surface area contributed by atoms with Crippen LogP contribution in [0.4, 0.5) is 15.8 Å². The number of nitriles is 1. The summed E-state index contributed by atoms with van der Waals surface area (Å²) in [5, 5.41) is 15.3. The summed E-state index contributed by atoms with van der Waals surface area (Å²) < 4.78 is 13.7. The molecule has 2 N–H and O–H groups in total. The first-order valence-corrected chi connectivity index (χ1v) is 13.7. The van der Waals surface area contributed by atoms with Crippen molar-refractivity contribution in [3.05, 3.63) is 94.8 Å². The zero-order valence-electron chi connectivity index (χ0n) is 22.6. The van der Waals surface area contributed by atoms with Crippen LogP contribution in [0.15, 0.2) is 66.7 Å². The molecule has 0 saturated carbocycles. The Morgan fingerprint density at radius 1 is 0.780 bits per heavy atom. The lowest BCUT2D eigenvalue weighted by Gasteiger charge is -2.29. The molecule has 0 radical (unpaired) electrons. The van der Waals surface area contributed by atoms with Gasteiger partial charge in [0.1, 0.15) is 5.82 Å². The SMILES string of the molecule is N#Cc1ccc(C(=O)Nc2cc(C(=O)N3CCNCC3)ccc2N2CCCN(C(=O)c3cccc(F)c3)CC2)cc1. The Bertz CT molecular complexity index is 1480. The van der Waals surface area contributed by atoms with Crippen LogP contribution in [0.2, 0.25) is 0 Å². The van der Waals surface area contributed by atoms with Crippen molar-refractivity contribution >= 4 is 29.1 Å². The lowest BCUT2D eigenvalue weighted by atomic mass is 10.1. The third-order valence-electron chi connectivity index (χ3n) is 7.37. The van der Waals surface area contributed by atoms with Crippen molar-refractivity contribution < 1.29 is 18.8 Å². The molecule has 0 bridgehead atoms. The Morgan fingerprint density at radius 2 is 1.46 bits per heavy atom. The zero-order valence-corrected chi connectivity index (χ0v) is 22.6. The van der Waals surface area contributed by atoms with Crippen molar-refractivity contribution in [2.24, 2.45) is 0 Å². The summed E-state index contributed by atoms with van der Waals surface area (Å²) in [7, 11) is 0. The van der Waals surface area contributed by atoms with Gasteiger partial charge in [-0.15, -0.1) is 0 Å². The van der Waals surface area contributed by atoms with Crippen LogP contribution >= 0.6 is 0 Å². The Balaban J connectivity index is 1.39. The monoisotopic (exact) mass is 554 g/mol. The van der Waals surface area contributed by atoms with Gasteiger partial charge in [-0.3, -0.25) is 14.4 Å². The van der Waals surface area contributed by atoms with Crippen LogP contribution in [0.5, 0.6) is 0 Å². The standard InChI is InChI=1S/C31H31FN6O3/c32-26-4-1-3-24(19-26)30(40)37-14-2-13-36(17-18-37)28-10-9-25(31(41)38-15-11-34-12-16-38)20-27(28)35-29(39)23-7-5-22(21-33)6-8-23/h1,3-10,19-20,34H,2,11-18H2,(H,35,39). The number of hydrogen-bond acceptors (Lipinski definition) is 6. The van der Waals surface area contributed by atoms with Gasteiger partial charge < -0.3 is 25.3 Å². The van der Waals surface area contributed by atoms with Gasteiger partial charge in [-0.1, -0.05) is 6.07 Å². The largest absolute Gasteiger partial charge is 0.368 e. The van der Waals surface area contributed by atoms with Crippen molar-refractivity contribution in [2.45, 2.75) is 6.42 Å². The molecule has 2 fully saturated rings. The summed E-state index contributed by atoms with van der Waals surface area (Å²) in [6.45, 7) is 4.71. The molecule has 2 aliphatic heterocycles. The Hall–Kier alpha value is -4.75. The summed E-state index contributed by atoms with van der Waals surface area (Å²) in [6.07, 6.45) is 0.672. The van der Waals surface area contributed by atoms with Gasteiger partial charge in [-0.2, -0.15) is 5.26 Å². The maximum atomic E-state index is 13.7. The highest BCUT2D eigenvalue weighted by atomic mass is 19.1. The second kappa shape index (κ2) is 12.6. The van der Waals surface area contributed by atoms with Crippen LogP contribution in [0.3, 0.4) is 0 Å². The van der Waals surface area contributed by atoms with Crippen LogP contribution in [-0.4, -0.2) is 79.9 Å². The molecular weight excluding hydrogens is 523 g/mol. The smallest absolute Gasteiger partial charge is 0.255 e. The predicted molar refractivity (Wildman–Crippen MR) is 153 cm³/mol. The van der Waals surface area contributed by atoms with Crippen LogP contribution in [-0.2, 0) is 0 Å². The summed E-state index contributed by atoms with van der Waals surface area (Å²) in [6, 6.07) is 19.4. The number of hydrogen-bond donors (Lipinski definition) is 2. The van der Waals surface area contributed by atoms with Crippen molar-refractivity contribution in [1.82, 2.24) is 15.1 Å². The molecular formula is C31H31FN6O3. The molecule has 10 heteroatoms. The number of benzene rings is 3. The van der Waals surface area contributed by atoms with Gasteiger partial charge in [0.2, 0.25) is 0 Å². The minimum atomic E-state index is -0.453. The first-order valence-electron chi connectivity index (χ1n) is 13.7. The minimum Gasteiger partial charge on any atom is -0.368 e. The fourth-order valence-corrected chi connectivity index (χ4v) is 5.15. The van der Waals surface area contributed by atoms with Crippen molar-refractivity contribution in [3.63, 3.8) is 0 Å². The van der Waals surface area contributed by atoms with Crippen LogP contribution < -0.4 is 15.5 Å². The van der Waals surface area contributed by atoms with E-state index in [4.69, 9.17) is 5.26 Å². The number of carbonyl (C=O) groups excluding carboxylic acids is 3. The molecule has 5 rings (SSSR count). The number of halogens is 1. The van der Waals surface area contributed by atoms with E-state index in [-0.39, 0.29) is 17.7 Å². The highest BCUT2D eigenvalue weighted by Crippen LogP contribution is 2.30. The molecule has 0 unspecified atom stereocenters. The predicted octanol–water partition coefficient (Wildman–Crippen LogP) is 3.35. The van der Waals surface area contributed by atoms with E-state index in [9.17, 15) is 18.8 Å². The number of amides is 3. The highest BCUT2D eigenvalue weighted by Gasteiger charge is 2.25. The van der Waals surface area contributed by atoms with Gasteiger partial charge in [-0.05, 0) is 67.1 Å². The molecule has 0 aliphatic carbocycles. The van der Waals surface area contributed by atoms with Crippen LogP contribution in [0.25, 0.3) is 0 Å². The van der Waals surface area contributed by atoms with Crippen molar-refractivity contribution in [3.8, 4) is 6.07 Å². The van der Waals surface area contributed by atoms with E-state index >= 15 is 0 Å². The molecule has 0 aromatic heterocycles. The maximum Gasteiger partial charge on any atom is 0.255 e. The molecule has 9 nitrogen and oxygen atoms in total. The van der Waals surface area contributed by atoms with Crippen LogP contribution in [0, 0.1) is 17.1 Å². The molecule has 210 valence electrons. The summed E-state index contributed by atoms with van der Waals surface area (Å²) >= 11 is 0. The molecule has 41 heavy (non-hydrogen) atoms. The van der Waals surface area contributed by atoms with Gasteiger partial charge in [-0.25, -0.2) is 4.39 Å². The highest BCUT2D eigenvalue weighted by molar-refractivity contribution is 6.07. The first-order chi connectivity index (χ1) is 19.9. The summed E-state index contributed by atoms with van der Waals surface area (Å²) in [5.74, 6) is -1.14. The van der Waals surface area contributed by atoms with E-state index in [1.165, 1.54) is 18.2 Å². The Kier molecular flexibility index (Phi) is 8.56. The van der Waals surface area contributed by atoms with E-state index in [1.807, 2.05) is 12.1 Å². The second-order valence-electron chi connectivity index (χ2n) is 10.1. The van der Waals surface area contributed by atoms with Gasteiger partial charge in [0.15, 0.2) is 0 Å². The molecule has 2 heterocycles. The molecule has 0 atom stereocenters. The number of piperazine rings is 1. The number of nitrogens with one attached hydrogen (secondary N) is 2. The van der Waals surface area contributed by atoms with Crippen molar-refractivity contribution in [2.75, 3.05) is 62.6 Å². The lowest BCUT2D eigenvalue weighted by molar-refractivity contribution is 0.0734. The Labute approximate surface area is 238 Å². The summed E-state index contributed by atoms with van der Waals surface area (Å²) in [4.78, 5) is 45.1.